The summed E-state index contributed by atoms with van der Waals surface area (Å²) in [7, 11) is 1.64. The predicted molar refractivity (Wildman–Crippen MR) is 127 cm³/mol. The van der Waals surface area contributed by atoms with E-state index in [1.54, 1.807) is 7.11 Å². The van der Waals surface area contributed by atoms with Crippen molar-refractivity contribution in [2.45, 2.75) is 25.3 Å². The van der Waals surface area contributed by atoms with Crippen LogP contribution in [-0.2, 0) is 9.53 Å². The average Bonchev–Trinajstić information content (AvgIpc) is 3.48. The summed E-state index contributed by atoms with van der Waals surface area (Å²) in [5.74, 6) is 1.66. The first-order valence-corrected chi connectivity index (χ1v) is 10.3. The van der Waals surface area contributed by atoms with E-state index in [0.29, 0.717) is 31.7 Å². The van der Waals surface area contributed by atoms with E-state index in [-0.39, 0.29) is 29.9 Å². The van der Waals surface area contributed by atoms with Crippen molar-refractivity contribution < 1.29 is 9.53 Å². The molecule has 1 saturated carbocycles. The van der Waals surface area contributed by atoms with Crippen molar-refractivity contribution in [2.75, 3.05) is 59.5 Å². The summed E-state index contributed by atoms with van der Waals surface area (Å²) in [4.78, 5) is 21.2. The highest BCUT2D eigenvalue weighted by Gasteiger charge is 2.39. The molecule has 1 saturated heterocycles. The number of ether oxygens (including phenoxy) is 1. The average molecular weight is 515 g/mol. The molecule has 2 N–H and O–H groups in total. The number of carbonyl (C=O) groups excluding carboxylic acids is 1. The van der Waals surface area contributed by atoms with E-state index >= 15 is 0 Å². The fourth-order valence-electron chi connectivity index (χ4n) is 3.64. The summed E-state index contributed by atoms with van der Waals surface area (Å²) < 4.78 is 4.96. The van der Waals surface area contributed by atoms with Crippen LogP contribution in [0.3, 0.4) is 0 Å². The van der Waals surface area contributed by atoms with Crippen LogP contribution in [0.2, 0.25) is 0 Å². The van der Waals surface area contributed by atoms with Gasteiger partial charge in [-0.05, 0) is 18.9 Å². The van der Waals surface area contributed by atoms with Crippen molar-refractivity contribution in [1.29, 1.82) is 0 Å². The molecule has 0 spiro atoms. The first-order chi connectivity index (χ1) is 13.7. The van der Waals surface area contributed by atoms with Gasteiger partial charge < -0.3 is 20.3 Å². The van der Waals surface area contributed by atoms with Gasteiger partial charge >= 0.3 is 0 Å². The number of piperazine rings is 1. The van der Waals surface area contributed by atoms with Crippen LogP contribution >= 0.6 is 24.0 Å². The highest BCUT2D eigenvalue weighted by Crippen LogP contribution is 2.40. The molecule has 29 heavy (non-hydrogen) atoms. The van der Waals surface area contributed by atoms with Crippen LogP contribution in [0.1, 0.15) is 24.8 Å². The van der Waals surface area contributed by atoms with Crippen molar-refractivity contribution in [3.05, 3.63) is 35.9 Å². The second-order valence-electron chi connectivity index (χ2n) is 7.41. The molecule has 7 nitrogen and oxygen atoms in total. The Morgan fingerprint density at radius 1 is 1.21 bits per heavy atom. The monoisotopic (exact) mass is 515 g/mol. The van der Waals surface area contributed by atoms with Crippen LogP contribution in [0.5, 0.6) is 0 Å². The molecule has 1 heterocycles. The maximum Gasteiger partial charge on any atom is 0.234 e. The van der Waals surface area contributed by atoms with Crippen LogP contribution in [0.15, 0.2) is 35.3 Å². The van der Waals surface area contributed by atoms with Crippen molar-refractivity contribution in [3.63, 3.8) is 0 Å². The maximum atomic E-state index is 12.0. The highest BCUT2D eigenvalue weighted by atomic mass is 127. The van der Waals surface area contributed by atoms with E-state index in [0.717, 1.165) is 45.1 Å². The molecule has 2 atom stereocenters. The van der Waals surface area contributed by atoms with Gasteiger partial charge in [0.1, 0.15) is 0 Å². The lowest BCUT2D eigenvalue weighted by atomic mass is 10.1. The number of aliphatic imine (C=N–C) groups is 1. The lowest BCUT2D eigenvalue weighted by Crippen LogP contribution is -2.54. The highest BCUT2D eigenvalue weighted by molar-refractivity contribution is 14.0. The van der Waals surface area contributed by atoms with Gasteiger partial charge in [0.2, 0.25) is 5.91 Å². The topological polar surface area (TPSA) is 69.2 Å². The quantitative estimate of drug-likeness (QED) is 0.238. The summed E-state index contributed by atoms with van der Waals surface area (Å²) in [5.41, 5.74) is 1.40. The Kier molecular flexibility index (Phi) is 10.2. The van der Waals surface area contributed by atoms with E-state index in [9.17, 15) is 4.79 Å². The second kappa shape index (κ2) is 12.3. The normalized spacial score (nSPS) is 22.0. The van der Waals surface area contributed by atoms with Gasteiger partial charge in [-0.3, -0.25) is 14.7 Å². The van der Waals surface area contributed by atoms with Gasteiger partial charge in [0.05, 0.1) is 13.2 Å². The van der Waals surface area contributed by atoms with Gasteiger partial charge in [0.15, 0.2) is 5.96 Å². The molecule has 1 aromatic carbocycles. The Morgan fingerprint density at radius 2 is 1.93 bits per heavy atom. The number of halogens is 1. The van der Waals surface area contributed by atoms with Gasteiger partial charge in [-0.2, -0.15) is 0 Å². The summed E-state index contributed by atoms with van der Waals surface area (Å²) >= 11 is 0. The molecule has 8 heteroatoms. The Labute approximate surface area is 191 Å². The van der Waals surface area contributed by atoms with Gasteiger partial charge in [-0.15, -0.1) is 24.0 Å². The van der Waals surface area contributed by atoms with Crippen LogP contribution in [0, 0.1) is 0 Å². The number of amides is 1. The number of benzene rings is 1. The second-order valence-corrected chi connectivity index (χ2v) is 7.41. The zero-order valence-corrected chi connectivity index (χ0v) is 19.8. The molecule has 1 aliphatic heterocycles. The minimum atomic E-state index is 0. The minimum absolute atomic E-state index is 0. The summed E-state index contributed by atoms with van der Waals surface area (Å²) in [5, 5.41) is 6.55. The molecule has 162 valence electrons. The van der Waals surface area contributed by atoms with Gasteiger partial charge in [-0.25, -0.2) is 0 Å². The SMILES string of the molecule is CCN=C(NC1CC1c1ccccc1)N1CCN(CC(=O)NCCOC)CC1.I. The molecule has 2 unspecified atom stereocenters. The predicted octanol–water partition coefficient (Wildman–Crippen LogP) is 1.51. The fraction of sp³-hybridized carbons (Fsp3) is 0.619. The number of nitrogens with zero attached hydrogens (tertiary/aromatic N) is 3. The Bertz CT molecular complexity index is 650. The Morgan fingerprint density at radius 3 is 2.59 bits per heavy atom. The number of nitrogens with one attached hydrogen (secondary N) is 2. The van der Waals surface area contributed by atoms with Gasteiger partial charge in [-0.1, -0.05) is 30.3 Å². The van der Waals surface area contributed by atoms with Crippen molar-refractivity contribution in [1.82, 2.24) is 20.4 Å². The first kappa shape index (κ1) is 23.9. The fourth-order valence-corrected chi connectivity index (χ4v) is 3.64. The number of carbonyl (C=O) groups is 1. The Hall–Kier alpha value is -1.39. The zero-order chi connectivity index (χ0) is 19.8. The number of hydrogen-bond acceptors (Lipinski definition) is 4. The summed E-state index contributed by atoms with van der Waals surface area (Å²) in [6, 6.07) is 11.2. The summed E-state index contributed by atoms with van der Waals surface area (Å²) in [6.45, 7) is 7.92. The van der Waals surface area contributed by atoms with E-state index in [4.69, 9.17) is 9.73 Å². The number of rotatable bonds is 8. The molecular formula is C21H34IN5O2. The van der Waals surface area contributed by atoms with Gasteiger partial charge in [0, 0.05) is 58.3 Å². The molecular weight excluding hydrogens is 481 g/mol. The van der Waals surface area contributed by atoms with Crippen LogP contribution in [-0.4, -0.2) is 87.2 Å². The Balaban J connectivity index is 0.00000300. The lowest BCUT2D eigenvalue weighted by Gasteiger charge is -2.36. The third-order valence-electron chi connectivity index (χ3n) is 5.31. The van der Waals surface area contributed by atoms with Crippen LogP contribution in [0.4, 0.5) is 0 Å². The lowest BCUT2D eigenvalue weighted by molar-refractivity contribution is -0.122. The van der Waals surface area contributed by atoms with Crippen molar-refractivity contribution in [2.24, 2.45) is 4.99 Å². The smallest absolute Gasteiger partial charge is 0.234 e. The minimum Gasteiger partial charge on any atom is -0.383 e. The van der Waals surface area contributed by atoms with E-state index in [1.165, 1.54) is 5.56 Å². The van der Waals surface area contributed by atoms with Crippen molar-refractivity contribution in [3.8, 4) is 0 Å². The molecule has 0 bridgehead atoms. The van der Waals surface area contributed by atoms with E-state index < -0.39 is 0 Å². The number of methoxy groups -OCH3 is 1. The number of guanidine groups is 1. The van der Waals surface area contributed by atoms with Crippen LogP contribution in [0.25, 0.3) is 0 Å². The first-order valence-electron chi connectivity index (χ1n) is 10.3. The molecule has 0 aromatic heterocycles. The third kappa shape index (κ3) is 7.42. The largest absolute Gasteiger partial charge is 0.383 e. The molecule has 2 fully saturated rings. The van der Waals surface area contributed by atoms with Crippen molar-refractivity contribution >= 4 is 35.8 Å². The van der Waals surface area contributed by atoms with E-state index in [1.807, 2.05) is 0 Å². The van der Waals surface area contributed by atoms with Crippen LogP contribution < -0.4 is 10.6 Å². The zero-order valence-electron chi connectivity index (χ0n) is 17.5. The summed E-state index contributed by atoms with van der Waals surface area (Å²) in [6.07, 6.45) is 1.16. The standard InChI is InChI=1S/C21H33N5O2.HI/c1-3-22-21(24-19-15-18(19)17-7-5-4-6-8-17)26-12-10-25(11-13-26)16-20(27)23-9-14-28-2;/h4-8,18-19H,3,9-16H2,1-2H3,(H,22,24)(H,23,27);1H. The maximum absolute atomic E-state index is 12.0. The molecule has 1 amide bonds. The molecule has 1 aromatic rings. The molecule has 1 aliphatic carbocycles. The number of hydrogen-bond donors (Lipinski definition) is 2. The third-order valence-corrected chi connectivity index (χ3v) is 5.31. The molecule has 2 aliphatic rings. The van der Waals surface area contributed by atoms with E-state index in [2.05, 4.69) is 57.7 Å². The molecule has 0 radical (unpaired) electrons. The van der Waals surface area contributed by atoms with Gasteiger partial charge in [0.25, 0.3) is 0 Å². The molecule has 3 rings (SSSR count).